The molecule has 0 radical (unpaired) electrons. The summed E-state index contributed by atoms with van der Waals surface area (Å²) in [5, 5.41) is 14.7. The number of carbonyl (C=O) groups is 1. The number of carbonyl (C=O) groups excluding carboxylic acids is 1. The van der Waals surface area contributed by atoms with Crippen LogP contribution in [0.3, 0.4) is 0 Å². The van der Waals surface area contributed by atoms with Gasteiger partial charge in [-0.05, 0) is 42.5 Å². The van der Waals surface area contributed by atoms with Gasteiger partial charge in [0.1, 0.15) is 12.2 Å². The van der Waals surface area contributed by atoms with Crippen molar-refractivity contribution in [3.05, 3.63) is 65.0 Å². The predicted molar refractivity (Wildman–Crippen MR) is 123 cm³/mol. The van der Waals surface area contributed by atoms with Gasteiger partial charge in [-0.2, -0.15) is 10.4 Å². The van der Waals surface area contributed by atoms with Crippen LogP contribution < -0.4 is 10.5 Å². The summed E-state index contributed by atoms with van der Waals surface area (Å²) in [6.07, 6.45) is 6.26. The average molecular weight is 462 g/mol. The second-order valence-corrected chi connectivity index (χ2v) is 7.85. The summed E-state index contributed by atoms with van der Waals surface area (Å²) in [7, 11) is 1.60. The van der Waals surface area contributed by atoms with Crippen LogP contribution >= 0.6 is 0 Å². The topological polar surface area (TPSA) is 133 Å². The molecule has 2 aliphatic rings. The lowest BCUT2D eigenvalue weighted by Gasteiger charge is -2.40. The molecule has 1 saturated heterocycles. The van der Waals surface area contributed by atoms with Gasteiger partial charge < -0.3 is 15.4 Å². The van der Waals surface area contributed by atoms with Gasteiger partial charge in [-0.3, -0.25) is 9.98 Å². The zero-order valence-electron chi connectivity index (χ0n) is 18.7. The van der Waals surface area contributed by atoms with Crippen molar-refractivity contribution in [1.82, 2.24) is 19.9 Å². The van der Waals surface area contributed by atoms with E-state index in [9.17, 15) is 9.18 Å². The second kappa shape index (κ2) is 9.66. The molecule has 1 fully saturated rings. The Kier molecular flexibility index (Phi) is 6.49. The minimum absolute atomic E-state index is 0.156. The minimum Gasteiger partial charge on any atom is -0.468 e. The van der Waals surface area contributed by atoms with E-state index in [0.717, 1.165) is 5.56 Å². The molecule has 0 spiro atoms. The van der Waals surface area contributed by atoms with E-state index >= 15 is 0 Å². The van der Waals surface area contributed by atoms with Crippen LogP contribution in [0.4, 0.5) is 9.18 Å². The van der Waals surface area contributed by atoms with Gasteiger partial charge in [-0.15, -0.1) is 0 Å². The number of hydrazone groups is 1. The number of ether oxygens (including phenoxy) is 1. The number of hydrogen-bond donors (Lipinski definition) is 1. The molecule has 0 unspecified atom stereocenters. The quantitative estimate of drug-likeness (QED) is 0.679. The van der Waals surface area contributed by atoms with Crippen LogP contribution in [0.1, 0.15) is 36.2 Å². The Morgan fingerprint density at radius 1 is 1.38 bits per heavy atom. The summed E-state index contributed by atoms with van der Waals surface area (Å²) in [4.78, 5) is 27.0. The first-order valence-corrected chi connectivity index (χ1v) is 10.6. The van der Waals surface area contributed by atoms with Crippen molar-refractivity contribution in [3.8, 4) is 11.9 Å². The first-order chi connectivity index (χ1) is 16.4. The number of nitriles is 1. The third-order valence-electron chi connectivity index (χ3n) is 5.60. The smallest absolute Gasteiger partial charge is 0.341 e. The van der Waals surface area contributed by atoms with Crippen molar-refractivity contribution in [1.29, 1.82) is 5.26 Å². The van der Waals surface area contributed by atoms with Crippen LogP contribution in [-0.4, -0.2) is 64.1 Å². The molecule has 2 aromatic heterocycles. The number of nitrogens with two attached hydrogens (primary N) is 1. The van der Waals surface area contributed by atoms with Gasteiger partial charge in [0.25, 0.3) is 5.88 Å². The van der Waals surface area contributed by atoms with Crippen LogP contribution in [0.15, 0.2) is 52.5 Å². The fraction of sp³-hybridized carbons (Fsp3) is 0.304. The SMILES string of the molecule is CN=C(C(C)=CN)c1ccc(F)c(OC2CN(C(=O)N3N=CC[C@H]3c3cncc(C#N)c3)C2)n1. The van der Waals surface area contributed by atoms with Crippen LogP contribution in [0.5, 0.6) is 5.88 Å². The van der Waals surface area contributed by atoms with Gasteiger partial charge in [0, 0.05) is 32.1 Å². The third kappa shape index (κ3) is 4.43. The molecule has 1 atom stereocenters. The molecule has 2 amide bonds. The number of likely N-dealkylation sites (tertiary alicyclic amines) is 1. The van der Waals surface area contributed by atoms with Gasteiger partial charge in [-0.1, -0.05) is 0 Å². The van der Waals surface area contributed by atoms with Crippen LogP contribution in [0.2, 0.25) is 0 Å². The van der Waals surface area contributed by atoms with E-state index in [1.165, 1.54) is 29.5 Å². The van der Waals surface area contributed by atoms with Crippen molar-refractivity contribution in [2.45, 2.75) is 25.5 Å². The van der Waals surface area contributed by atoms with Crippen molar-refractivity contribution in [3.63, 3.8) is 0 Å². The Morgan fingerprint density at radius 3 is 2.88 bits per heavy atom. The number of allylic oxidation sites excluding steroid dienone is 1. The lowest BCUT2D eigenvalue weighted by atomic mass is 10.1. The molecule has 4 rings (SSSR count). The molecule has 2 aromatic rings. The Labute approximate surface area is 195 Å². The zero-order valence-corrected chi connectivity index (χ0v) is 18.7. The van der Waals surface area contributed by atoms with E-state index in [2.05, 4.69) is 26.1 Å². The van der Waals surface area contributed by atoms with Gasteiger partial charge >= 0.3 is 6.03 Å². The van der Waals surface area contributed by atoms with Crippen molar-refractivity contribution in [2.24, 2.45) is 15.8 Å². The second-order valence-electron chi connectivity index (χ2n) is 7.85. The maximum atomic E-state index is 14.3. The number of nitrogens with zero attached hydrogens (tertiary/aromatic N) is 7. The van der Waals surface area contributed by atoms with E-state index in [1.54, 1.807) is 37.3 Å². The number of pyridine rings is 2. The van der Waals surface area contributed by atoms with Crippen molar-refractivity contribution >= 4 is 18.0 Å². The molecule has 174 valence electrons. The molecule has 2 aliphatic heterocycles. The molecule has 4 heterocycles. The van der Waals surface area contributed by atoms with Crippen LogP contribution in [-0.2, 0) is 0 Å². The molecule has 10 nitrogen and oxygen atoms in total. The normalized spacial score (nSPS) is 18.6. The number of aliphatic imine (C=N–C) groups is 1. The summed E-state index contributed by atoms with van der Waals surface area (Å²) in [5.41, 5.74) is 8.40. The van der Waals surface area contributed by atoms with Crippen molar-refractivity contribution in [2.75, 3.05) is 20.1 Å². The maximum absolute atomic E-state index is 14.3. The van der Waals surface area contributed by atoms with E-state index in [1.807, 2.05) is 0 Å². The number of hydrogen-bond acceptors (Lipinski definition) is 8. The first-order valence-electron chi connectivity index (χ1n) is 10.6. The number of halogens is 1. The largest absolute Gasteiger partial charge is 0.468 e. The van der Waals surface area contributed by atoms with E-state index in [4.69, 9.17) is 15.7 Å². The lowest BCUT2D eigenvalue weighted by Crippen LogP contribution is -2.59. The average Bonchev–Trinajstić information content (AvgIpc) is 3.32. The first kappa shape index (κ1) is 22.8. The Morgan fingerprint density at radius 2 is 2.18 bits per heavy atom. The Bertz CT molecular complexity index is 1230. The molecular formula is C23H23FN8O2. The molecule has 0 saturated carbocycles. The molecule has 0 aliphatic carbocycles. The Balaban J connectivity index is 1.41. The summed E-state index contributed by atoms with van der Waals surface area (Å²) in [5.74, 6) is -0.760. The molecule has 2 N–H and O–H groups in total. The summed E-state index contributed by atoms with van der Waals surface area (Å²) < 4.78 is 20.1. The monoisotopic (exact) mass is 462 g/mol. The summed E-state index contributed by atoms with van der Waals surface area (Å²) >= 11 is 0. The standard InChI is InChI=1S/C23H23FN8O2/c1-14(8-25)21(27-2)19-4-3-18(24)22(30-19)34-17-12-31(13-17)23(33)32-20(5-6-29-32)16-7-15(9-26)10-28-11-16/h3-4,6-8,10-11,17,20H,5,12-13,25H2,1-2H3/t20-/m0/s1. The molecule has 0 bridgehead atoms. The summed E-state index contributed by atoms with van der Waals surface area (Å²) in [6, 6.07) is 5.89. The number of aromatic nitrogens is 2. The molecule has 34 heavy (non-hydrogen) atoms. The van der Waals surface area contributed by atoms with E-state index < -0.39 is 11.9 Å². The number of amides is 2. The number of urea groups is 1. The Hall–Kier alpha value is -4.33. The van der Waals surface area contributed by atoms with E-state index in [0.29, 0.717) is 29.0 Å². The highest BCUT2D eigenvalue weighted by Gasteiger charge is 2.39. The van der Waals surface area contributed by atoms with Gasteiger partial charge in [0.05, 0.1) is 36.1 Å². The van der Waals surface area contributed by atoms with Gasteiger partial charge in [-0.25, -0.2) is 19.2 Å². The molecular weight excluding hydrogens is 439 g/mol. The van der Waals surface area contributed by atoms with Gasteiger partial charge in [0.15, 0.2) is 5.82 Å². The van der Waals surface area contributed by atoms with E-state index in [-0.39, 0.29) is 31.0 Å². The highest BCUT2D eigenvalue weighted by molar-refractivity contribution is 6.10. The predicted octanol–water partition coefficient (Wildman–Crippen LogP) is 2.38. The molecule has 11 heteroatoms. The summed E-state index contributed by atoms with van der Waals surface area (Å²) in [6.45, 7) is 2.30. The van der Waals surface area contributed by atoms with Crippen molar-refractivity contribution < 1.29 is 13.9 Å². The van der Waals surface area contributed by atoms with Gasteiger partial charge in [0.2, 0.25) is 0 Å². The fourth-order valence-electron chi connectivity index (χ4n) is 3.76. The zero-order chi connectivity index (χ0) is 24.2. The minimum atomic E-state index is -0.604. The fourth-order valence-corrected chi connectivity index (χ4v) is 3.76. The highest BCUT2D eigenvalue weighted by Crippen LogP contribution is 2.31. The third-order valence-corrected chi connectivity index (χ3v) is 5.60. The maximum Gasteiger partial charge on any atom is 0.341 e. The molecule has 0 aromatic carbocycles. The van der Waals surface area contributed by atoms with Crippen LogP contribution in [0, 0.1) is 17.1 Å². The lowest BCUT2D eigenvalue weighted by molar-refractivity contribution is 0.0230. The number of rotatable bonds is 5. The highest BCUT2D eigenvalue weighted by atomic mass is 19.1. The van der Waals surface area contributed by atoms with Crippen LogP contribution in [0.25, 0.3) is 0 Å².